The first-order chi connectivity index (χ1) is 12.6. The molecule has 0 aliphatic carbocycles. The Morgan fingerprint density at radius 2 is 1.81 bits per heavy atom. The van der Waals surface area contributed by atoms with Crippen LogP contribution in [0.25, 0.3) is 16.7 Å². The van der Waals surface area contributed by atoms with E-state index in [2.05, 4.69) is 9.97 Å². The summed E-state index contributed by atoms with van der Waals surface area (Å²) >= 11 is 0. The van der Waals surface area contributed by atoms with Crippen molar-refractivity contribution in [3.63, 3.8) is 0 Å². The fraction of sp³-hybridized carbons (Fsp3) is 0.263. The predicted molar refractivity (Wildman–Crippen MR) is 97.1 cm³/mol. The summed E-state index contributed by atoms with van der Waals surface area (Å²) in [6, 6.07) is 7.14. The fourth-order valence-corrected chi connectivity index (χ4v) is 3.30. The lowest BCUT2D eigenvalue weighted by Crippen LogP contribution is -2.35. The Bertz CT molecular complexity index is 971. The summed E-state index contributed by atoms with van der Waals surface area (Å²) in [6.45, 7) is 1.63. The van der Waals surface area contributed by atoms with Gasteiger partial charge in [0.25, 0.3) is 11.8 Å². The van der Waals surface area contributed by atoms with E-state index in [1.165, 1.54) is 6.42 Å². The standard InChI is InChI=1S/C19H19N5O2/c20-17(25)16-5-4-15(12-21-16)24-9-6-13-10-14(11-22-18(13)24)19(26)23-7-2-1-3-8-23/h4-6,9-12H,1-3,7-8H2,(H2,20,25). The molecule has 0 radical (unpaired) electrons. The van der Waals surface area contributed by atoms with Gasteiger partial charge in [-0.05, 0) is 43.5 Å². The van der Waals surface area contributed by atoms with E-state index in [1.54, 1.807) is 24.5 Å². The molecule has 0 aromatic carbocycles. The maximum atomic E-state index is 12.6. The second-order valence-electron chi connectivity index (χ2n) is 6.44. The van der Waals surface area contributed by atoms with Crippen molar-refractivity contribution < 1.29 is 9.59 Å². The highest BCUT2D eigenvalue weighted by molar-refractivity contribution is 5.97. The molecule has 4 rings (SSSR count). The predicted octanol–water partition coefficient (Wildman–Crippen LogP) is 2.15. The number of rotatable bonds is 3. The smallest absolute Gasteiger partial charge is 0.267 e. The topological polar surface area (TPSA) is 94.1 Å². The largest absolute Gasteiger partial charge is 0.364 e. The van der Waals surface area contributed by atoms with Crippen LogP contribution in [0, 0.1) is 0 Å². The molecule has 7 heteroatoms. The number of nitrogens with two attached hydrogens (primary N) is 1. The minimum Gasteiger partial charge on any atom is -0.364 e. The number of piperidine rings is 1. The van der Waals surface area contributed by atoms with E-state index < -0.39 is 5.91 Å². The molecule has 26 heavy (non-hydrogen) atoms. The minimum atomic E-state index is -0.562. The third-order valence-electron chi connectivity index (χ3n) is 4.70. The summed E-state index contributed by atoms with van der Waals surface area (Å²) in [5.41, 5.74) is 7.55. The van der Waals surface area contributed by atoms with E-state index >= 15 is 0 Å². The van der Waals surface area contributed by atoms with Gasteiger partial charge in [0.2, 0.25) is 0 Å². The van der Waals surface area contributed by atoms with Crippen LogP contribution >= 0.6 is 0 Å². The normalized spacial score (nSPS) is 14.5. The highest BCUT2D eigenvalue weighted by atomic mass is 16.2. The molecule has 1 saturated heterocycles. The Balaban J connectivity index is 1.65. The van der Waals surface area contributed by atoms with E-state index in [0.717, 1.165) is 42.7 Å². The highest BCUT2D eigenvalue weighted by Gasteiger charge is 2.19. The van der Waals surface area contributed by atoms with Crippen LogP contribution in [-0.4, -0.2) is 44.3 Å². The first-order valence-electron chi connectivity index (χ1n) is 8.66. The molecule has 3 aromatic heterocycles. The van der Waals surface area contributed by atoms with Gasteiger partial charge in [0.15, 0.2) is 0 Å². The third kappa shape index (κ3) is 2.92. The van der Waals surface area contributed by atoms with Crippen molar-refractivity contribution in [3.05, 3.63) is 54.1 Å². The molecule has 4 heterocycles. The van der Waals surface area contributed by atoms with E-state index in [0.29, 0.717) is 5.56 Å². The maximum absolute atomic E-state index is 12.6. The van der Waals surface area contributed by atoms with Gasteiger partial charge >= 0.3 is 0 Å². The van der Waals surface area contributed by atoms with Crippen LogP contribution in [0.1, 0.15) is 40.1 Å². The summed E-state index contributed by atoms with van der Waals surface area (Å²) in [5.74, 6) is -0.521. The summed E-state index contributed by atoms with van der Waals surface area (Å²) < 4.78 is 1.86. The molecule has 2 N–H and O–H groups in total. The van der Waals surface area contributed by atoms with Gasteiger partial charge in [0.1, 0.15) is 11.3 Å². The summed E-state index contributed by atoms with van der Waals surface area (Å²) in [6.07, 6.45) is 8.38. The number of amides is 2. The second kappa shape index (κ2) is 6.59. The molecule has 1 fully saturated rings. The molecule has 0 spiro atoms. The number of carbonyl (C=O) groups excluding carboxylic acids is 2. The Morgan fingerprint density at radius 3 is 2.50 bits per heavy atom. The number of nitrogens with zero attached hydrogens (tertiary/aromatic N) is 4. The molecular formula is C19H19N5O2. The average Bonchev–Trinajstić information content (AvgIpc) is 3.11. The minimum absolute atomic E-state index is 0.0410. The zero-order chi connectivity index (χ0) is 18.1. The zero-order valence-corrected chi connectivity index (χ0v) is 14.3. The van der Waals surface area contributed by atoms with Gasteiger partial charge in [-0.15, -0.1) is 0 Å². The first kappa shape index (κ1) is 16.3. The van der Waals surface area contributed by atoms with E-state index in [1.807, 2.05) is 27.8 Å². The Morgan fingerprint density at radius 1 is 1.00 bits per heavy atom. The van der Waals surface area contributed by atoms with Crippen molar-refractivity contribution in [1.29, 1.82) is 0 Å². The van der Waals surface area contributed by atoms with Crippen molar-refractivity contribution in [2.24, 2.45) is 5.73 Å². The summed E-state index contributed by atoms with van der Waals surface area (Å²) in [7, 11) is 0. The van der Waals surface area contributed by atoms with Gasteiger partial charge in [-0.1, -0.05) is 0 Å². The van der Waals surface area contributed by atoms with Crippen LogP contribution in [-0.2, 0) is 0 Å². The lowest BCUT2D eigenvalue weighted by atomic mass is 10.1. The molecular weight excluding hydrogens is 330 g/mol. The second-order valence-corrected chi connectivity index (χ2v) is 6.44. The van der Waals surface area contributed by atoms with Crippen LogP contribution in [0.3, 0.4) is 0 Å². The SMILES string of the molecule is NC(=O)c1ccc(-n2ccc3cc(C(=O)N4CCCCC4)cnc32)cn1. The van der Waals surface area contributed by atoms with E-state index in [9.17, 15) is 9.59 Å². The molecule has 132 valence electrons. The summed E-state index contributed by atoms with van der Waals surface area (Å²) in [5, 5.41) is 0.881. The van der Waals surface area contributed by atoms with Crippen molar-refractivity contribution in [2.75, 3.05) is 13.1 Å². The molecule has 3 aromatic rings. The molecule has 0 unspecified atom stereocenters. The van der Waals surface area contributed by atoms with E-state index in [4.69, 9.17) is 5.73 Å². The Hall–Kier alpha value is -3.22. The van der Waals surface area contributed by atoms with Crippen molar-refractivity contribution in [1.82, 2.24) is 19.4 Å². The number of pyridine rings is 2. The lowest BCUT2D eigenvalue weighted by molar-refractivity contribution is 0.0724. The van der Waals surface area contributed by atoms with Crippen molar-refractivity contribution in [2.45, 2.75) is 19.3 Å². The Kier molecular flexibility index (Phi) is 4.12. The third-order valence-corrected chi connectivity index (χ3v) is 4.70. The van der Waals surface area contributed by atoms with Gasteiger partial charge in [0.05, 0.1) is 17.4 Å². The molecule has 0 saturated carbocycles. The van der Waals surface area contributed by atoms with Crippen LogP contribution in [0.4, 0.5) is 0 Å². The molecule has 0 atom stereocenters. The van der Waals surface area contributed by atoms with E-state index in [-0.39, 0.29) is 11.6 Å². The van der Waals surface area contributed by atoms with Gasteiger partial charge in [-0.3, -0.25) is 14.2 Å². The quantitative estimate of drug-likeness (QED) is 0.784. The zero-order valence-electron chi connectivity index (χ0n) is 14.3. The van der Waals surface area contributed by atoms with Crippen LogP contribution in [0.2, 0.25) is 0 Å². The maximum Gasteiger partial charge on any atom is 0.267 e. The lowest BCUT2D eigenvalue weighted by Gasteiger charge is -2.26. The van der Waals surface area contributed by atoms with Gasteiger partial charge in [-0.25, -0.2) is 9.97 Å². The van der Waals surface area contributed by atoms with Gasteiger partial charge in [0, 0.05) is 30.9 Å². The van der Waals surface area contributed by atoms with Gasteiger partial charge in [-0.2, -0.15) is 0 Å². The first-order valence-corrected chi connectivity index (χ1v) is 8.66. The van der Waals surface area contributed by atoms with Crippen molar-refractivity contribution in [3.8, 4) is 5.69 Å². The highest BCUT2D eigenvalue weighted by Crippen LogP contribution is 2.21. The number of fused-ring (bicyclic) bond motifs is 1. The number of aromatic nitrogens is 3. The molecule has 7 nitrogen and oxygen atoms in total. The number of carbonyl (C=O) groups is 2. The molecule has 1 aliphatic heterocycles. The van der Waals surface area contributed by atoms with Crippen molar-refractivity contribution >= 4 is 22.8 Å². The van der Waals surface area contributed by atoms with Crippen LogP contribution < -0.4 is 5.73 Å². The number of likely N-dealkylation sites (tertiary alicyclic amines) is 1. The number of hydrogen-bond acceptors (Lipinski definition) is 4. The summed E-state index contributed by atoms with van der Waals surface area (Å²) in [4.78, 5) is 34.2. The fourth-order valence-electron chi connectivity index (χ4n) is 3.30. The average molecular weight is 349 g/mol. The number of hydrogen-bond donors (Lipinski definition) is 1. The number of primary amides is 1. The molecule has 2 amide bonds. The monoisotopic (exact) mass is 349 g/mol. The van der Waals surface area contributed by atoms with Gasteiger partial charge < -0.3 is 10.6 Å². The van der Waals surface area contributed by atoms with Crippen LogP contribution in [0.15, 0.2) is 42.9 Å². The molecule has 1 aliphatic rings. The Labute approximate surface area is 150 Å². The van der Waals surface area contributed by atoms with Crippen LogP contribution in [0.5, 0.6) is 0 Å². The molecule has 0 bridgehead atoms.